The van der Waals surface area contributed by atoms with Gasteiger partial charge in [-0.3, -0.25) is 29.4 Å². The van der Waals surface area contributed by atoms with E-state index >= 15 is 0 Å². The van der Waals surface area contributed by atoms with Gasteiger partial charge >= 0.3 is 5.97 Å². The van der Waals surface area contributed by atoms with Crippen LogP contribution in [0.4, 0.5) is 0 Å². The van der Waals surface area contributed by atoms with Crippen molar-refractivity contribution in [1.29, 1.82) is 0 Å². The van der Waals surface area contributed by atoms with Crippen molar-refractivity contribution in [3.8, 4) is 11.3 Å². The standard InChI is InChI=1S/C43H58N6O6S/c1-24-25(2)36(24)39(50)46-32-20-35-45-33(22-56-35)27-13-14-34-29(19-27)30(21-42(4,5)23-55-41(52)31-12-10-17-49(47-31)40(32)51)38(48(34)18-15-43(6,7)53)28-11-9-16-44-37(28)26(3)54-8/h9,11,13-14,16,19,24-26,31-33,36,47,53H,10,12,15,17-18,20-23H2,1-8H3,(H,46,50)/t24-,25+,26-,31-,32-,33?,36+/m0/s1. The molecule has 1 aliphatic carbocycles. The van der Waals surface area contributed by atoms with Crippen LogP contribution in [0.25, 0.3) is 22.2 Å². The van der Waals surface area contributed by atoms with Gasteiger partial charge in [-0.25, -0.2) is 5.43 Å². The average molecular weight is 787 g/mol. The SMILES string of the molecule is CO[C@@H](C)c1ncccc1-c1c2c3cc(ccc3n1CCC(C)(C)O)C1CSC(=N1)C[C@H](NC(=O)[C@H]1[C@H](C)[C@@H]1C)C(=O)N1CCC[C@H](N1)C(=O)OCC(C)(C)C2. The third-order valence-electron chi connectivity index (χ3n) is 12.2. The molecule has 2 fully saturated rings. The minimum absolute atomic E-state index is 0.111. The number of nitrogens with zero attached hydrogens (tertiary/aromatic N) is 4. The number of cyclic esters (lactones) is 1. The van der Waals surface area contributed by atoms with E-state index in [0.29, 0.717) is 44.5 Å². The summed E-state index contributed by atoms with van der Waals surface area (Å²) in [5.41, 5.74) is 7.74. The van der Waals surface area contributed by atoms with Gasteiger partial charge in [0.05, 0.1) is 40.8 Å². The zero-order valence-electron chi connectivity index (χ0n) is 34.1. The number of carbonyl (C=O) groups is 3. The van der Waals surface area contributed by atoms with E-state index in [9.17, 15) is 19.5 Å². The first kappa shape index (κ1) is 40.4. The highest BCUT2D eigenvalue weighted by Gasteiger charge is 2.49. The fraction of sp³-hybridized carbons (Fsp3) is 0.605. The number of carbonyl (C=O) groups excluding carboxylic acids is 3. The van der Waals surface area contributed by atoms with Gasteiger partial charge < -0.3 is 24.5 Å². The number of esters is 1. The number of pyridine rings is 1. The number of fused-ring (bicyclic) bond motifs is 5. The molecular weight excluding hydrogens is 729 g/mol. The van der Waals surface area contributed by atoms with E-state index in [4.69, 9.17) is 19.5 Å². The molecule has 1 aromatic carbocycles. The summed E-state index contributed by atoms with van der Waals surface area (Å²) in [6, 6.07) is 8.92. The molecule has 6 bridgehead atoms. The molecule has 13 heteroatoms. The van der Waals surface area contributed by atoms with Gasteiger partial charge in [0.15, 0.2) is 0 Å². The number of amides is 2. The molecule has 56 heavy (non-hydrogen) atoms. The van der Waals surface area contributed by atoms with E-state index in [1.165, 1.54) is 5.01 Å². The second-order valence-corrected chi connectivity index (χ2v) is 18.8. The third kappa shape index (κ3) is 8.42. The van der Waals surface area contributed by atoms with Gasteiger partial charge in [-0.1, -0.05) is 33.8 Å². The maximum atomic E-state index is 14.2. The van der Waals surface area contributed by atoms with Gasteiger partial charge in [-0.15, -0.1) is 11.8 Å². The number of hydrogen-bond acceptors (Lipinski definition) is 10. The number of hydrogen-bond donors (Lipinski definition) is 3. The molecule has 2 amide bonds. The van der Waals surface area contributed by atoms with E-state index in [0.717, 1.165) is 44.0 Å². The van der Waals surface area contributed by atoms with Crippen molar-refractivity contribution >= 4 is 45.5 Å². The van der Waals surface area contributed by atoms with Crippen LogP contribution in [-0.4, -0.2) is 86.2 Å². The lowest BCUT2D eigenvalue weighted by atomic mass is 9.84. The molecule has 1 unspecified atom stereocenters. The van der Waals surface area contributed by atoms with E-state index in [1.807, 2.05) is 26.8 Å². The maximum absolute atomic E-state index is 14.2. The predicted molar refractivity (Wildman–Crippen MR) is 219 cm³/mol. The number of hydrazine groups is 1. The fourth-order valence-electron chi connectivity index (χ4n) is 8.50. The van der Waals surface area contributed by atoms with Crippen molar-refractivity contribution in [2.24, 2.45) is 28.2 Å². The molecule has 5 heterocycles. The Morgan fingerprint density at radius 3 is 2.70 bits per heavy atom. The second kappa shape index (κ2) is 15.9. The van der Waals surface area contributed by atoms with Crippen LogP contribution in [0.3, 0.4) is 0 Å². The van der Waals surface area contributed by atoms with Crippen LogP contribution in [0.15, 0.2) is 41.5 Å². The third-order valence-corrected chi connectivity index (χ3v) is 13.3. The second-order valence-electron chi connectivity index (χ2n) is 17.8. The number of ether oxygens (including phenoxy) is 2. The monoisotopic (exact) mass is 786 g/mol. The van der Waals surface area contributed by atoms with Gasteiger partial charge in [-0.2, -0.15) is 0 Å². The van der Waals surface area contributed by atoms with Gasteiger partial charge in [-0.05, 0) is 93.7 Å². The molecular formula is C43H58N6O6S. The Morgan fingerprint density at radius 1 is 1.21 bits per heavy atom. The Balaban J connectivity index is 1.36. The van der Waals surface area contributed by atoms with E-state index < -0.39 is 29.1 Å². The lowest BCUT2D eigenvalue weighted by Crippen LogP contribution is -2.60. The summed E-state index contributed by atoms with van der Waals surface area (Å²) < 4.78 is 14.2. The zero-order valence-corrected chi connectivity index (χ0v) is 34.9. The summed E-state index contributed by atoms with van der Waals surface area (Å²) in [5, 5.41) is 17.4. The Hall–Kier alpha value is -3.78. The molecule has 12 nitrogen and oxygen atoms in total. The van der Waals surface area contributed by atoms with Crippen molar-refractivity contribution in [3.63, 3.8) is 0 Å². The lowest BCUT2D eigenvalue weighted by molar-refractivity contribution is -0.155. The largest absolute Gasteiger partial charge is 0.464 e. The number of aliphatic hydroxyl groups is 1. The lowest BCUT2D eigenvalue weighted by Gasteiger charge is -2.35. The first-order valence-corrected chi connectivity index (χ1v) is 21.1. The maximum Gasteiger partial charge on any atom is 0.324 e. The molecule has 7 rings (SSSR count). The van der Waals surface area contributed by atoms with Crippen molar-refractivity contribution in [3.05, 3.63) is 53.3 Å². The molecule has 7 atom stereocenters. The fourth-order valence-corrected chi connectivity index (χ4v) is 9.60. The van der Waals surface area contributed by atoms with E-state index in [-0.39, 0.29) is 54.7 Å². The number of rotatable bonds is 8. The van der Waals surface area contributed by atoms with Crippen LogP contribution in [-0.2, 0) is 36.8 Å². The first-order chi connectivity index (χ1) is 26.5. The number of aryl methyl sites for hydroxylation is 1. The summed E-state index contributed by atoms with van der Waals surface area (Å²) in [4.78, 5) is 51.3. The van der Waals surface area contributed by atoms with Crippen LogP contribution in [0.5, 0.6) is 0 Å². The van der Waals surface area contributed by atoms with Gasteiger partial charge in [0, 0.05) is 66.4 Å². The van der Waals surface area contributed by atoms with Gasteiger partial charge in [0.1, 0.15) is 12.1 Å². The highest BCUT2D eigenvalue weighted by atomic mass is 32.2. The summed E-state index contributed by atoms with van der Waals surface area (Å²) in [6.45, 7) is 15.1. The van der Waals surface area contributed by atoms with Crippen LogP contribution in [0, 0.1) is 23.2 Å². The molecule has 3 N–H and O–H groups in total. The summed E-state index contributed by atoms with van der Waals surface area (Å²) in [5.74, 6) is 0.334. The number of methoxy groups -OCH3 is 1. The van der Waals surface area contributed by atoms with E-state index in [1.54, 1.807) is 25.1 Å². The number of aromatic nitrogens is 2. The summed E-state index contributed by atoms with van der Waals surface area (Å²) in [6.07, 6.45) is 4.05. The minimum atomic E-state index is -0.897. The quantitative estimate of drug-likeness (QED) is 0.229. The number of thioether (sulfide) groups is 1. The number of benzene rings is 1. The van der Waals surface area contributed by atoms with Crippen LogP contribution in [0.2, 0.25) is 0 Å². The highest BCUT2D eigenvalue weighted by molar-refractivity contribution is 8.14. The van der Waals surface area contributed by atoms with Crippen molar-refractivity contribution < 1.29 is 29.0 Å². The first-order valence-electron chi connectivity index (χ1n) is 20.1. The summed E-state index contributed by atoms with van der Waals surface area (Å²) >= 11 is 1.63. The van der Waals surface area contributed by atoms with Crippen molar-refractivity contribution in [2.75, 3.05) is 26.0 Å². The minimum Gasteiger partial charge on any atom is -0.464 e. The number of aliphatic imine (C=N–C) groups is 1. The van der Waals surface area contributed by atoms with Crippen LogP contribution >= 0.6 is 11.8 Å². The normalized spacial score (nSPS) is 27.4. The Kier molecular flexibility index (Phi) is 11.5. The zero-order chi connectivity index (χ0) is 40.1. The van der Waals surface area contributed by atoms with Gasteiger partial charge in [0.25, 0.3) is 5.91 Å². The Labute approximate surface area is 334 Å². The average Bonchev–Trinajstić information content (AvgIpc) is 3.44. The van der Waals surface area contributed by atoms with Crippen molar-refractivity contribution in [2.45, 2.75) is 117 Å². The molecule has 4 aliphatic rings. The Morgan fingerprint density at radius 2 is 1.98 bits per heavy atom. The topological polar surface area (TPSA) is 147 Å². The molecule has 0 radical (unpaired) electrons. The molecule has 302 valence electrons. The molecule has 3 aliphatic heterocycles. The highest BCUT2D eigenvalue weighted by Crippen LogP contribution is 2.46. The van der Waals surface area contributed by atoms with E-state index in [2.05, 4.69) is 67.3 Å². The molecule has 1 saturated heterocycles. The summed E-state index contributed by atoms with van der Waals surface area (Å²) in [7, 11) is 1.69. The Bertz CT molecular complexity index is 2010. The van der Waals surface area contributed by atoms with Gasteiger partial charge in [0.2, 0.25) is 5.91 Å². The predicted octanol–water partition coefficient (Wildman–Crippen LogP) is 6.16. The molecule has 3 aromatic rings. The smallest absolute Gasteiger partial charge is 0.324 e. The number of nitrogens with one attached hydrogen (secondary N) is 2. The van der Waals surface area contributed by atoms with Crippen LogP contribution in [0.1, 0.15) is 103 Å². The molecule has 1 saturated carbocycles. The van der Waals surface area contributed by atoms with Crippen LogP contribution < -0.4 is 10.7 Å². The molecule has 2 aromatic heterocycles. The molecule has 0 spiro atoms. The van der Waals surface area contributed by atoms with Crippen molar-refractivity contribution in [1.82, 2.24) is 25.3 Å².